The van der Waals surface area contributed by atoms with Gasteiger partial charge in [-0.1, -0.05) is 11.2 Å². The normalized spacial score (nSPS) is 12.9. The minimum absolute atomic E-state index is 0.0771. The lowest BCUT2D eigenvalue weighted by atomic mass is 9.86. The number of alkyl carbamates (subject to hydrolysis) is 1. The smallest absolute Gasteiger partial charge is 0.407 e. The van der Waals surface area contributed by atoms with Gasteiger partial charge in [0.25, 0.3) is 0 Å². The van der Waals surface area contributed by atoms with E-state index in [2.05, 4.69) is 21.1 Å². The number of carbonyl (C=O) groups excluding carboxylic acids is 3. The van der Waals surface area contributed by atoms with Crippen LogP contribution in [-0.2, 0) is 37.1 Å². The number of amidine groups is 1. The first kappa shape index (κ1) is 29.6. The molecule has 0 aliphatic heterocycles. The number of aromatic nitrogens is 1. The van der Waals surface area contributed by atoms with Gasteiger partial charge in [0.05, 0.1) is 36.5 Å². The Morgan fingerprint density at radius 2 is 1.95 bits per heavy atom. The summed E-state index contributed by atoms with van der Waals surface area (Å²) in [6.45, 7) is 1.48. The summed E-state index contributed by atoms with van der Waals surface area (Å²) >= 11 is 1.25. The molecule has 2 heterocycles. The van der Waals surface area contributed by atoms with Crippen molar-refractivity contribution in [3.63, 3.8) is 0 Å². The molecule has 0 saturated carbocycles. The standard InChI is InChI=1S/C24H30N6O7S2/c1-14-17-10-15(4-6-18(17)37-30-14)11-24(29-23(33)36-2,8-9-39(3,34)35)22(32)28-13-20(31)27-12-16-5-7-19(38-16)21(25)26/h4-7,10H,8-9,11-13H2,1-3H3,(H3,25,26)(H,27,31)(H,28,32)(H,29,33). The molecule has 6 N–H and O–H groups in total. The number of carbonyl (C=O) groups is 3. The van der Waals surface area contributed by atoms with Crippen LogP contribution >= 0.6 is 11.3 Å². The molecular formula is C24H30N6O7S2. The van der Waals surface area contributed by atoms with Crippen LogP contribution in [0.3, 0.4) is 0 Å². The summed E-state index contributed by atoms with van der Waals surface area (Å²) in [5.41, 5.74) is 5.44. The number of rotatable bonds is 12. The zero-order valence-electron chi connectivity index (χ0n) is 21.6. The first-order valence-corrected chi connectivity index (χ1v) is 14.6. The number of ether oxygens (including phenoxy) is 1. The van der Waals surface area contributed by atoms with Crippen molar-refractivity contribution in [2.75, 3.05) is 25.7 Å². The Morgan fingerprint density at radius 1 is 1.21 bits per heavy atom. The lowest BCUT2D eigenvalue weighted by Crippen LogP contribution is -2.61. The Kier molecular flexibility index (Phi) is 9.29. The predicted octanol–water partition coefficient (Wildman–Crippen LogP) is 0.986. The van der Waals surface area contributed by atoms with Crippen LogP contribution in [0.4, 0.5) is 4.79 Å². The van der Waals surface area contributed by atoms with Crippen LogP contribution in [0.2, 0.25) is 0 Å². The van der Waals surface area contributed by atoms with Crippen LogP contribution < -0.4 is 21.7 Å². The number of methoxy groups -OCH3 is 1. The van der Waals surface area contributed by atoms with Crippen molar-refractivity contribution in [1.82, 2.24) is 21.1 Å². The van der Waals surface area contributed by atoms with Gasteiger partial charge in [-0.3, -0.25) is 15.0 Å². The van der Waals surface area contributed by atoms with Crippen molar-refractivity contribution < 1.29 is 32.1 Å². The molecule has 3 aromatic rings. The van der Waals surface area contributed by atoms with E-state index in [1.807, 2.05) is 0 Å². The Labute approximate surface area is 228 Å². The minimum atomic E-state index is -3.53. The SMILES string of the molecule is COC(=O)NC(CCS(C)(=O)=O)(Cc1ccc2onc(C)c2c1)C(=O)NCC(=O)NCc1ccc(C(=N)N)s1. The molecule has 1 atom stereocenters. The van der Waals surface area contributed by atoms with Gasteiger partial charge in [0.15, 0.2) is 5.58 Å². The largest absolute Gasteiger partial charge is 0.453 e. The molecular weight excluding hydrogens is 548 g/mol. The summed E-state index contributed by atoms with van der Waals surface area (Å²) in [6, 6.07) is 8.48. The van der Waals surface area contributed by atoms with Gasteiger partial charge in [-0.15, -0.1) is 11.3 Å². The number of fused-ring (bicyclic) bond motifs is 1. The number of nitrogens with zero attached hydrogens (tertiary/aromatic N) is 1. The van der Waals surface area contributed by atoms with Gasteiger partial charge < -0.3 is 30.9 Å². The fraction of sp³-hybridized carbons (Fsp3) is 0.375. The van der Waals surface area contributed by atoms with Gasteiger partial charge >= 0.3 is 6.09 Å². The average Bonchev–Trinajstić information content (AvgIpc) is 3.51. The summed E-state index contributed by atoms with van der Waals surface area (Å²) in [4.78, 5) is 39.7. The first-order chi connectivity index (χ1) is 18.3. The Hall–Kier alpha value is -3.98. The number of hydrogen-bond acceptors (Lipinski definition) is 10. The highest BCUT2D eigenvalue weighted by molar-refractivity contribution is 7.90. The zero-order chi connectivity index (χ0) is 28.8. The van der Waals surface area contributed by atoms with Crippen LogP contribution in [0.25, 0.3) is 11.0 Å². The predicted molar refractivity (Wildman–Crippen MR) is 145 cm³/mol. The fourth-order valence-corrected chi connectivity index (χ4v) is 5.34. The quantitative estimate of drug-likeness (QED) is 0.153. The average molecular weight is 579 g/mol. The van der Waals surface area contributed by atoms with Crippen LogP contribution in [0, 0.1) is 12.3 Å². The lowest BCUT2D eigenvalue weighted by Gasteiger charge is -2.33. The topological polar surface area (TPSA) is 207 Å². The van der Waals surface area contributed by atoms with Crippen molar-refractivity contribution in [2.45, 2.75) is 31.8 Å². The molecule has 0 aliphatic rings. The van der Waals surface area contributed by atoms with Crippen molar-refractivity contribution in [3.05, 3.63) is 51.3 Å². The lowest BCUT2D eigenvalue weighted by molar-refractivity contribution is -0.130. The highest BCUT2D eigenvalue weighted by atomic mass is 32.2. The van der Waals surface area contributed by atoms with E-state index in [4.69, 9.17) is 20.4 Å². The molecule has 0 radical (unpaired) electrons. The second-order valence-electron chi connectivity index (χ2n) is 8.99. The number of nitrogens with one attached hydrogen (secondary N) is 4. The van der Waals surface area contributed by atoms with Gasteiger partial charge in [-0.2, -0.15) is 0 Å². The van der Waals surface area contributed by atoms with E-state index in [9.17, 15) is 22.8 Å². The second-order valence-corrected chi connectivity index (χ2v) is 12.4. The Morgan fingerprint density at radius 3 is 2.59 bits per heavy atom. The third-order valence-electron chi connectivity index (χ3n) is 5.88. The molecule has 0 spiro atoms. The first-order valence-electron chi connectivity index (χ1n) is 11.7. The van der Waals surface area contributed by atoms with E-state index in [0.29, 0.717) is 27.1 Å². The monoisotopic (exact) mass is 578 g/mol. The number of hydrogen-bond donors (Lipinski definition) is 5. The van der Waals surface area contributed by atoms with Crippen molar-refractivity contribution >= 4 is 55.9 Å². The Bertz CT molecular complexity index is 1500. The molecule has 0 bridgehead atoms. The van der Waals surface area contributed by atoms with Gasteiger partial charge in [0, 0.05) is 22.9 Å². The maximum Gasteiger partial charge on any atom is 0.407 e. The molecule has 39 heavy (non-hydrogen) atoms. The van der Waals surface area contributed by atoms with Crippen LogP contribution in [-0.4, -0.2) is 68.5 Å². The maximum atomic E-state index is 13.6. The van der Waals surface area contributed by atoms with Crippen molar-refractivity contribution in [1.29, 1.82) is 5.41 Å². The summed E-state index contributed by atoms with van der Waals surface area (Å²) in [5.74, 6) is -1.77. The molecule has 15 heteroatoms. The van der Waals surface area contributed by atoms with E-state index in [-0.39, 0.29) is 25.2 Å². The van der Waals surface area contributed by atoms with E-state index < -0.39 is 45.6 Å². The van der Waals surface area contributed by atoms with Gasteiger partial charge in [0.2, 0.25) is 11.8 Å². The molecule has 0 saturated heterocycles. The zero-order valence-corrected chi connectivity index (χ0v) is 23.3. The highest BCUT2D eigenvalue weighted by Gasteiger charge is 2.41. The number of thiophene rings is 1. The van der Waals surface area contributed by atoms with E-state index in [1.165, 1.54) is 11.3 Å². The summed E-state index contributed by atoms with van der Waals surface area (Å²) in [5, 5.41) is 19.8. The Balaban J connectivity index is 1.81. The number of nitrogen functional groups attached to an aromatic ring is 1. The molecule has 13 nitrogen and oxygen atoms in total. The van der Waals surface area contributed by atoms with Crippen LogP contribution in [0.5, 0.6) is 0 Å². The van der Waals surface area contributed by atoms with Gasteiger partial charge in [0.1, 0.15) is 21.2 Å². The van der Waals surface area contributed by atoms with Crippen LogP contribution in [0.1, 0.15) is 27.4 Å². The highest BCUT2D eigenvalue weighted by Crippen LogP contribution is 2.25. The van der Waals surface area contributed by atoms with Crippen molar-refractivity contribution in [3.8, 4) is 0 Å². The molecule has 1 unspecified atom stereocenters. The number of sulfone groups is 1. The molecule has 2 aromatic heterocycles. The van der Waals surface area contributed by atoms with Gasteiger partial charge in [-0.25, -0.2) is 13.2 Å². The molecule has 0 fully saturated rings. The van der Waals surface area contributed by atoms with Crippen molar-refractivity contribution in [2.24, 2.45) is 5.73 Å². The molecule has 0 aliphatic carbocycles. The molecule has 3 rings (SSSR count). The molecule has 1 aromatic carbocycles. The minimum Gasteiger partial charge on any atom is -0.453 e. The summed E-state index contributed by atoms with van der Waals surface area (Å²) in [6.07, 6.45) is -0.299. The number of aryl methyl sites for hydroxylation is 1. The summed E-state index contributed by atoms with van der Waals surface area (Å²) in [7, 11) is -2.41. The number of amides is 3. The van der Waals surface area contributed by atoms with E-state index in [1.54, 1.807) is 37.3 Å². The summed E-state index contributed by atoms with van der Waals surface area (Å²) < 4.78 is 34.0. The van der Waals surface area contributed by atoms with Crippen LogP contribution in [0.15, 0.2) is 34.9 Å². The number of benzene rings is 1. The number of nitrogens with two attached hydrogens (primary N) is 1. The third kappa shape index (κ3) is 8.00. The maximum absolute atomic E-state index is 13.6. The fourth-order valence-electron chi connectivity index (χ4n) is 3.81. The van der Waals surface area contributed by atoms with E-state index in [0.717, 1.165) is 18.2 Å². The second kappa shape index (κ2) is 12.3. The molecule has 210 valence electrons. The van der Waals surface area contributed by atoms with E-state index >= 15 is 0 Å². The van der Waals surface area contributed by atoms with Gasteiger partial charge in [-0.05, 0) is 43.2 Å². The third-order valence-corrected chi connectivity index (χ3v) is 7.94. The molecule has 3 amide bonds.